The lowest BCUT2D eigenvalue weighted by Crippen LogP contribution is -2.67. The van der Waals surface area contributed by atoms with Crippen molar-refractivity contribution in [3.8, 4) is 0 Å². The molecule has 0 spiro atoms. The third-order valence-corrected chi connectivity index (χ3v) is 3.25. The molecule has 2 rings (SSSR count). The molecule has 0 radical (unpaired) electrons. The van der Waals surface area contributed by atoms with Crippen LogP contribution in [0.2, 0.25) is 0 Å². The summed E-state index contributed by atoms with van der Waals surface area (Å²) in [4.78, 5) is 22.4. The second-order valence-corrected chi connectivity index (χ2v) is 4.68. The number of aliphatic carboxylic acids is 1. The Labute approximate surface area is 117 Å². The first-order valence-electron chi connectivity index (χ1n) is 6.04. The van der Waals surface area contributed by atoms with Gasteiger partial charge in [0.1, 0.15) is 6.61 Å². The molecule has 1 heterocycles. The zero-order valence-corrected chi connectivity index (χ0v) is 10.7. The molecule has 2 N–H and O–H groups in total. The highest BCUT2D eigenvalue weighted by molar-refractivity contribution is 5.88. The Balaban J connectivity index is 2.38. The number of rotatable bonds is 3. The van der Waals surface area contributed by atoms with Crippen LogP contribution < -0.4 is 5.32 Å². The van der Waals surface area contributed by atoms with Crippen LogP contribution in [0.5, 0.6) is 0 Å². The maximum Gasteiger partial charge on any atom is 0.418 e. The van der Waals surface area contributed by atoms with Gasteiger partial charge in [-0.25, -0.2) is 4.79 Å². The van der Waals surface area contributed by atoms with Crippen LogP contribution in [-0.2, 0) is 14.3 Å². The zero-order chi connectivity index (χ0) is 15.7. The molecule has 1 aliphatic heterocycles. The van der Waals surface area contributed by atoms with E-state index >= 15 is 0 Å². The van der Waals surface area contributed by atoms with Crippen LogP contribution in [-0.4, -0.2) is 35.4 Å². The number of hydrogen-bond donors (Lipinski definition) is 2. The SMILES string of the molecule is O=C(O)C[C@@]1(C(F)(F)F)N[C@H](c2ccccc2)COC1=O. The number of carboxylic acid groups (broad SMARTS) is 1. The van der Waals surface area contributed by atoms with Gasteiger partial charge < -0.3 is 9.84 Å². The van der Waals surface area contributed by atoms with E-state index < -0.39 is 36.1 Å². The molecule has 0 saturated carbocycles. The molecule has 0 bridgehead atoms. The number of cyclic esters (lactones) is 1. The van der Waals surface area contributed by atoms with Crippen LogP contribution in [0.25, 0.3) is 0 Å². The molecule has 1 fully saturated rings. The molecule has 0 aliphatic carbocycles. The first-order valence-corrected chi connectivity index (χ1v) is 6.04. The highest BCUT2D eigenvalue weighted by Crippen LogP contribution is 2.39. The quantitative estimate of drug-likeness (QED) is 0.830. The smallest absolute Gasteiger partial charge is 0.418 e. The third-order valence-electron chi connectivity index (χ3n) is 3.25. The number of halogens is 3. The maximum absolute atomic E-state index is 13.3. The van der Waals surface area contributed by atoms with Gasteiger partial charge in [-0.05, 0) is 5.56 Å². The molecule has 0 aromatic heterocycles. The van der Waals surface area contributed by atoms with Crippen molar-refractivity contribution < 1.29 is 32.6 Å². The molecular weight excluding hydrogens is 291 g/mol. The Morgan fingerprint density at radius 3 is 2.52 bits per heavy atom. The molecule has 1 aromatic rings. The van der Waals surface area contributed by atoms with Crippen molar-refractivity contribution >= 4 is 11.9 Å². The van der Waals surface area contributed by atoms with Crippen molar-refractivity contribution in [3.05, 3.63) is 35.9 Å². The van der Waals surface area contributed by atoms with E-state index in [4.69, 9.17) is 5.11 Å². The fourth-order valence-electron chi connectivity index (χ4n) is 2.19. The normalized spacial score (nSPS) is 26.2. The lowest BCUT2D eigenvalue weighted by atomic mass is 9.90. The molecule has 5 nitrogen and oxygen atoms in total. The molecule has 1 saturated heterocycles. The van der Waals surface area contributed by atoms with Crippen LogP contribution in [0.15, 0.2) is 30.3 Å². The number of hydrogen-bond acceptors (Lipinski definition) is 4. The van der Waals surface area contributed by atoms with Gasteiger partial charge in [0.2, 0.25) is 5.54 Å². The number of carbonyl (C=O) groups is 2. The Hall–Kier alpha value is -2.09. The second kappa shape index (κ2) is 5.36. The lowest BCUT2D eigenvalue weighted by molar-refractivity contribution is -0.228. The van der Waals surface area contributed by atoms with Gasteiger partial charge in [-0.1, -0.05) is 30.3 Å². The van der Waals surface area contributed by atoms with Gasteiger partial charge in [0.05, 0.1) is 12.5 Å². The number of carboxylic acids is 1. The van der Waals surface area contributed by atoms with Crippen molar-refractivity contribution in [2.45, 2.75) is 24.2 Å². The number of ether oxygens (including phenoxy) is 1. The van der Waals surface area contributed by atoms with E-state index in [2.05, 4.69) is 10.1 Å². The van der Waals surface area contributed by atoms with E-state index in [1.54, 1.807) is 30.3 Å². The predicted octanol–water partition coefficient (Wildman–Crippen LogP) is 1.65. The van der Waals surface area contributed by atoms with Gasteiger partial charge in [0.25, 0.3) is 0 Å². The number of alkyl halides is 3. The summed E-state index contributed by atoms with van der Waals surface area (Å²) < 4.78 is 44.4. The summed E-state index contributed by atoms with van der Waals surface area (Å²) in [5.41, 5.74) is -2.76. The summed E-state index contributed by atoms with van der Waals surface area (Å²) in [6.07, 6.45) is -6.52. The minimum absolute atomic E-state index is 0.291. The van der Waals surface area contributed by atoms with Crippen LogP contribution in [0, 0.1) is 0 Å². The average molecular weight is 303 g/mol. The minimum Gasteiger partial charge on any atom is -0.481 e. The van der Waals surface area contributed by atoms with Crippen molar-refractivity contribution in [2.75, 3.05) is 6.61 Å². The summed E-state index contributed by atoms with van der Waals surface area (Å²) in [7, 11) is 0. The van der Waals surface area contributed by atoms with E-state index in [-0.39, 0.29) is 6.61 Å². The molecule has 0 amide bonds. The summed E-state index contributed by atoms with van der Waals surface area (Å²) in [5, 5.41) is 10.8. The van der Waals surface area contributed by atoms with Crippen molar-refractivity contribution in [1.82, 2.24) is 5.32 Å². The average Bonchev–Trinajstić information content (AvgIpc) is 2.40. The fraction of sp³-hybridized carbons (Fsp3) is 0.385. The van der Waals surface area contributed by atoms with Crippen LogP contribution in [0.4, 0.5) is 13.2 Å². The van der Waals surface area contributed by atoms with Crippen LogP contribution in [0.3, 0.4) is 0 Å². The Morgan fingerprint density at radius 2 is 2.00 bits per heavy atom. The van der Waals surface area contributed by atoms with Crippen molar-refractivity contribution in [1.29, 1.82) is 0 Å². The van der Waals surface area contributed by atoms with E-state index in [9.17, 15) is 22.8 Å². The Kier molecular flexibility index (Phi) is 3.91. The molecule has 1 aliphatic rings. The summed E-state index contributed by atoms with van der Waals surface area (Å²) >= 11 is 0. The van der Waals surface area contributed by atoms with Crippen LogP contribution in [0.1, 0.15) is 18.0 Å². The van der Waals surface area contributed by atoms with E-state index in [0.29, 0.717) is 5.56 Å². The van der Waals surface area contributed by atoms with E-state index in [0.717, 1.165) is 0 Å². The van der Waals surface area contributed by atoms with Gasteiger partial charge in [-0.3, -0.25) is 10.1 Å². The largest absolute Gasteiger partial charge is 0.481 e. The van der Waals surface area contributed by atoms with Gasteiger partial charge in [-0.15, -0.1) is 0 Å². The molecule has 1 aromatic carbocycles. The van der Waals surface area contributed by atoms with Gasteiger partial charge >= 0.3 is 18.1 Å². The molecule has 21 heavy (non-hydrogen) atoms. The molecule has 8 heteroatoms. The second-order valence-electron chi connectivity index (χ2n) is 4.68. The number of esters is 1. The number of benzene rings is 1. The lowest BCUT2D eigenvalue weighted by Gasteiger charge is -2.40. The van der Waals surface area contributed by atoms with Gasteiger partial charge in [0, 0.05) is 0 Å². The maximum atomic E-state index is 13.3. The third kappa shape index (κ3) is 2.85. The Morgan fingerprint density at radius 1 is 1.38 bits per heavy atom. The topological polar surface area (TPSA) is 75.6 Å². The van der Waals surface area contributed by atoms with Gasteiger partial charge in [-0.2, -0.15) is 13.2 Å². The summed E-state index contributed by atoms with van der Waals surface area (Å²) in [6.45, 7) is -0.291. The standard InChI is InChI=1S/C13H12F3NO4/c14-13(15,16)12(6-10(18)19)11(20)21-7-9(17-12)8-4-2-1-3-5-8/h1-5,9,17H,6-7H2,(H,18,19)/t9-,12+/m0/s1. The first-order chi connectivity index (χ1) is 9.76. The number of morpholine rings is 1. The minimum atomic E-state index is -5.09. The highest BCUT2D eigenvalue weighted by Gasteiger charge is 2.65. The predicted molar refractivity (Wildman–Crippen MR) is 64.3 cm³/mol. The Bertz CT molecular complexity index is 546. The number of nitrogens with one attached hydrogen (secondary N) is 1. The molecular formula is C13H12F3NO4. The summed E-state index contributed by atoms with van der Waals surface area (Å²) in [6, 6.07) is 7.15. The van der Waals surface area contributed by atoms with Crippen molar-refractivity contribution in [3.63, 3.8) is 0 Å². The summed E-state index contributed by atoms with van der Waals surface area (Å²) in [5.74, 6) is -3.37. The molecule has 114 valence electrons. The zero-order valence-electron chi connectivity index (χ0n) is 10.7. The van der Waals surface area contributed by atoms with E-state index in [1.807, 2.05) is 0 Å². The highest BCUT2D eigenvalue weighted by atomic mass is 19.4. The monoisotopic (exact) mass is 303 g/mol. The molecule has 0 unspecified atom stereocenters. The van der Waals surface area contributed by atoms with E-state index in [1.165, 1.54) is 0 Å². The van der Waals surface area contributed by atoms with Crippen LogP contribution >= 0.6 is 0 Å². The fourth-order valence-corrected chi connectivity index (χ4v) is 2.19. The molecule has 2 atom stereocenters. The van der Waals surface area contributed by atoms with Gasteiger partial charge in [0.15, 0.2) is 0 Å². The first kappa shape index (κ1) is 15.3. The van der Waals surface area contributed by atoms with Crippen molar-refractivity contribution in [2.24, 2.45) is 0 Å². The number of carbonyl (C=O) groups excluding carboxylic acids is 1.